The number of ether oxygens (including phenoxy) is 1. The van der Waals surface area contributed by atoms with Crippen LogP contribution in [0, 0.1) is 11.8 Å². The minimum absolute atomic E-state index is 0.148. The van der Waals surface area contributed by atoms with Gasteiger partial charge in [-0.2, -0.15) is 13.2 Å². The molecule has 0 bridgehead atoms. The van der Waals surface area contributed by atoms with Crippen LogP contribution in [0.1, 0.15) is 12.8 Å². The molecule has 23 heavy (non-hydrogen) atoms. The van der Waals surface area contributed by atoms with Gasteiger partial charge >= 0.3 is 12.1 Å². The molecular formula is C15H16F3NO4. The highest BCUT2D eigenvalue weighted by atomic mass is 19.4. The van der Waals surface area contributed by atoms with Gasteiger partial charge in [0.15, 0.2) is 0 Å². The van der Waals surface area contributed by atoms with Gasteiger partial charge in [0.25, 0.3) is 0 Å². The molecule has 0 aromatic rings. The van der Waals surface area contributed by atoms with Crippen molar-refractivity contribution in [2.75, 3.05) is 13.7 Å². The third kappa shape index (κ3) is 4.37. The zero-order valence-corrected chi connectivity index (χ0v) is 12.3. The van der Waals surface area contributed by atoms with Gasteiger partial charge in [-0.1, -0.05) is 6.08 Å². The molecule has 0 saturated heterocycles. The highest BCUT2D eigenvalue weighted by Crippen LogP contribution is 2.34. The number of carboxylic acid groups (broad SMARTS) is 1. The summed E-state index contributed by atoms with van der Waals surface area (Å²) in [5.41, 5.74) is 0.495. The lowest BCUT2D eigenvalue weighted by Crippen LogP contribution is -2.38. The van der Waals surface area contributed by atoms with Gasteiger partial charge in [0.2, 0.25) is 5.91 Å². The summed E-state index contributed by atoms with van der Waals surface area (Å²) < 4.78 is 43.2. The van der Waals surface area contributed by atoms with Crippen molar-refractivity contribution in [3.8, 4) is 0 Å². The smallest absolute Gasteiger partial charge is 0.406 e. The molecule has 2 aliphatic rings. The van der Waals surface area contributed by atoms with E-state index in [2.05, 4.69) is 0 Å². The second-order valence-electron chi connectivity index (χ2n) is 5.46. The highest BCUT2D eigenvalue weighted by molar-refractivity contribution is 5.84. The fourth-order valence-electron chi connectivity index (χ4n) is 2.70. The zero-order chi connectivity index (χ0) is 17.2. The predicted octanol–water partition coefficient (Wildman–Crippen LogP) is 2.47. The van der Waals surface area contributed by atoms with Gasteiger partial charge in [0.1, 0.15) is 12.3 Å². The molecule has 1 unspecified atom stereocenters. The van der Waals surface area contributed by atoms with Crippen LogP contribution in [0.3, 0.4) is 0 Å². The first-order valence-corrected chi connectivity index (χ1v) is 6.94. The van der Waals surface area contributed by atoms with Crippen LogP contribution in [0.15, 0.2) is 35.8 Å². The van der Waals surface area contributed by atoms with Crippen LogP contribution in [0.2, 0.25) is 0 Å². The fraction of sp³-hybridized carbons (Fsp3) is 0.467. The van der Waals surface area contributed by atoms with Crippen molar-refractivity contribution < 1.29 is 32.6 Å². The molecule has 0 fully saturated rings. The van der Waals surface area contributed by atoms with E-state index in [1.165, 1.54) is 7.11 Å². The maximum atomic E-state index is 12.7. The average molecular weight is 331 g/mol. The van der Waals surface area contributed by atoms with Crippen molar-refractivity contribution in [2.24, 2.45) is 11.8 Å². The van der Waals surface area contributed by atoms with Crippen molar-refractivity contribution in [1.82, 2.24) is 4.90 Å². The number of alkyl halides is 3. The molecule has 8 heteroatoms. The van der Waals surface area contributed by atoms with E-state index in [1.54, 1.807) is 18.2 Å². The second kappa shape index (κ2) is 6.47. The maximum Gasteiger partial charge on any atom is 0.406 e. The number of hydrogen-bond acceptors (Lipinski definition) is 3. The number of rotatable bonds is 4. The summed E-state index contributed by atoms with van der Waals surface area (Å²) in [7, 11) is 1.43. The SMILES string of the molecule is COC1=CC2=CN(CC(F)(F)F)C(=O)[C@H](CC(=O)O)CC2C=C1. The van der Waals surface area contributed by atoms with E-state index in [4.69, 9.17) is 9.84 Å². The Labute approximate surface area is 130 Å². The van der Waals surface area contributed by atoms with E-state index in [9.17, 15) is 22.8 Å². The lowest BCUT2D eigenvalue weighted by Gasteiger charge is -2.22. The van der Waals surface area contributed by atoms with Gasteiger partial charge < -0.3 is 14.7 Å². The van der Waals surface area contributed by atoms with E-state index in [0.717, 1.165) is 6.20 Å². The normalized spacial score (nSPS) is 24.5. The summed E-state index contributed by atoms with van der Waals surface area (Å²) >= 11 is 0. The lowest BCUT2D eigenvalue weighted by atomic mass is 9.85. The molecule has 0 radical (unpaired) electrons. The third-order valence-corrected chi connectivity index (χ3v) is 3.71. The number of methoxy groups -OCH3 is 1. The molecule has 0 spiro atoms. The predicted molar refractivity (Wildman–Crippen MR) is 73.9 cm³/mol. The van der Waals surface area contributed by atoms with E-state index >= 15 is 0 Å². The Morgan fingerprint density at radius 2 is 2.17 bits per heavy atom. The minimum atomic E-state index is -4.57. The number of fused-ring (bicyclic) bond motifs is 1. The number of carboxylic acids is 1. The van der Waals surface area contributed by atoms with Crippen molar-refractivity contribution in [3.63, 3.8) is 0 Å². The number of aliphatic carboxylic acids is 1. The van der Waals surface area contributed by atoms with Gasteiger partial charge in [-0.3, -0.25) is 9.59 Å². The Bertz CT molecular complexity index is 592. The minimum Gasteiger partial charge on any atom is -0.497 e. The van der Waals surface area contributed by atoms with E-state index in [0.29, 0.717) is 16.2 Å². The first-order valence-electron chi connectivity index (χ1n) is 6.94. The van der Waals surface area contributed by atoms with Crippen molar-refractivity contribution in [1.29, 1.82) is 0 Å². The molecule has 2 atom stereocenters. The highest BCUT2D eigenvalue weighted by Gasteiger charge is 2.38. The van der Waals surface area contributed by atoms with Crippen molar-refractivity contribution in [2.45, 2.75) is 19.0 Å². The van der Waals surface area contributed by atoms with E-state index < -0.39 is 36.9 Å². The summed E-state index contributed by atoms with van der Waals surface area (Å²) in [4.78, 5) is 23.8. The maximum absolute atomic E-state index is 12.7. The van der Waals surface area contributed by atoms with Crippen molar-refractivity contribution in [3.05, 3.63) is 35.8 Å². The van der Waals surface area contributed by atoms with Crippen LogP contribution in [-0.2, 0) is 14.3 Å². The molecular weight excluding hydrogens is 315 g/mol. The monoisotopic (exact) mass is 331 g/mol. The number of hydrogen-bond donors (Lipinski definition) is 1. The zero-order valence-electron chi connectivity index (χ0n) is 12.3. The van der Waals surface area contributed by atoms with Crippen LogP contribution in [-0.4, -0.2) is 41.7 Å². The Kier molecular flexibility index (Phi) is 4.82. The summed E-state index contributed by atoms with van der Waals surface area (Å²) in [6, 6.07) is 0. The van der Waals surface area contributed by atoms with E-state index in [1.807, 2.05) is 0 Å². The number of carbonyl (C=O) groups excluding carboxylic acids is 1. The molecule has 0 aromatic carbocycles. The molecule has 1 aliphatic heterocycles. The Morgan fingerprint density at radius 1 is 1.48 bits per heavy atom. The summed E-state index contributed by atoms with van der Waals surface area (Å²) in [6.45, 7) is -1.45. The third-order valence-electron chi connectivity index (χ3n) is 3.71. The van der Waals surface area contributed by atoms with Crippen molar-refractivity contribution >= 4 is 11.9 Å². The summed E-state index contributed by atoms with van der Waals surface area (Å²) in [5.74, 6) is -2.90. The van der Waals surface area contributed by atoms with Gasteiger partial charge in [0.05, 0.1) is 13.5 Å². The Balaban J connectivity index is 2.36. The fourth-order valence-corrected chi connectivity index (χ4v) is 2.70. The molecule has 1 aliphatic carbocycles. The second-order valence-corrected chi connectivity index (χ2v) is 5.46. The Morgan fingerprint density at radius 3 is 2.74 bits per heavy atom. The Hall–Kier alpha value is -2.25. The summed E-state index contributed by atoms with van der Waals surface area (Å²) in [5, 5.41) is 8.91. The molecule has 1 amide bonds. The number of nitrogens with zero attached hydrogens (tertiary/aromatic N) is 1. The first-order chi connectivity index (χ1) is 10.7. The van der Waals surface area contributed by atoms with Crippen LogP contribution >= 0.6 is 0 Å². The van der Waals surface area contributed by atoms with Crippen LogP contribution in [0.5, 0.6) is 0 Å². The number of carbonyl (C=O) groups is 2. The molecule has 0 aromatic heterocycles. The van der Waals surface area contributed by atoms with Gasteiger partial charge in [-0.25, -0.2) is 0 Å². The molecule has 5 nitrogen and oxygen atoms in total. The van der Waals surface area contributed by atoms with Crippen LogP contribution in [0.4, 0.5) is 13.2 Å². The summed E-state index contributed by atoms with van der Waals surface area (Å²) in [6.07, 6.45) is 1.15. The molecule has 126 valence electrons. The molecule has 0 saturated carbocycles. The standard InChI is InChI=1S/C15H16F3NO4/c1-23-12-3-2-9-4-10(6-13(20)21)14(22)19(7-11(9)5-12)8-15(16,17)18/h2-3,5,7,9-10H,4,6,8H2,1H3,(H,20,21)/t9?,10-/m0/s1. The largest absolute Gasteiger partial charge is 0.497 e. The first kappa shape index (κ1) is 17.1. The van der Waals surface area contributed by atoms with E-state index in [-0.39, 0.29) is 12.3 Å². The van der Waals surface area contributed by atoms with Gasteiger partial charge in [-0.15, -0.1) is 0 Å². The number of amides is 1. The van der Waals surface area contributed by atoms with Crippen LogP contribution in [0.25, 0.3) is 0 Å². The topological polar surface area (TPSA) is 66.8 Å². The lowest BCUT2D eigenvalue weighted by molar-refractivity contribution is -0.159. The molecule has 1 N–H and O–H groups in total. The number of halogens is 3. The molecule has 2 rings (SSSR count). The number of allylic oxidation sites excluding steroid dienone is 4. The molecule has 1 heterocycles. The quantitative estimate of drug-likeness (QED) is 0.859. The van der Waals surface area contributed by atoms with Gasteiger partial charge in [0, 0.05) is 18.0 Å². The van der Waals surface area contributed by atoms with Gasteiger partial charge in [-0.05, 0) is 24.1 Å². The van der Waals surface area contributed by atoms with Crippen LogP contribution < -0.4 is 0 Å². The average Bonchev–Trinajstić information content (AvgIpc) is 2.55.